The Morgan fingerprint density at radius 1 is 1.50 bits per heavy atom. The van der Waals surface area contributed by atoms with Crippen LogP contribution in [0.25, 0.3) is 0 Å². The van der Waals surface area contributed by atoms with Crippen LogP contribution in [0.3, 0.4) is 0 Å². The minimum Gasteiger partial charge on any atom is -0.345 e. The summed E-state index contributed by atoms with van der Waals surface area (Å²) in [5.41, 5.74) is 1.90. The molecule has 0 aliphatic rings. The Morgan fingerprint density at radius 3 is 2.78 bits per heavy atom. The molecule has 1 aromatic rings. The summed E-state index contributed by atoms with van der Waals surface area (Å²) in [4.78, 5) is 13.5. The topological polar surface area (TPSA) is 32.3 Å². The second kappa shape index (κ2) is 6.50. The first-order valence-electron chi connectivity index (χ1n) is 6.19. The number of carbonyl (C=O) groups excluding carboxylic acids is 1. The van der Waals surface area contributed by atoms with Gasteiger partial charge in [-0.15, -0.1) is 0 Å². The summed E-state index contributed by atoms with van der Waals surface area (Å²) in [5, 5.41) is 3.12. The number of rotatable bonds is 5. The Labute approximate surface area is 108 Å². The highest BCUT2D eigenvalue weighted by Gasteiger charge is 2.15. The summed E-state index contributed by atoms with van der Waals surface area (Å²) >= 11 is 0. The summed E-state index contributed by atoms with van der Waals surface area (Å²) in [5.74, 6) is -0.200. The molecule has 0 radical (unpaired) electrons. The minimum absolute atomic E-state index is 0.0477. The first kappa shape index (κ1) is 14.6. The molecule has 1 amide bonds. The molecule has 1 atom stereocenters. The van der Waals surface area contributed by atoms with E-state index in [0.29, 0.717) is 13.1 Å². The van der Waals surface area contributed by atoms with Gasteiger partial charge in [-0.2, -0.15) is 0 Å². The van der Waals surface area contributed by atoms with E-state index in [2.05, 4.69) is 5.32 Å². The van der Waals surface area contributed by atoms with Crippen molar-refractivity contribution < 1.29 is 9.18 Å². The van der Waals surface area contributed by atoms with Crippen LogP contribution in [0.5, 0.6) is 0 Å². The first-order valence-corrected chi connectivity index (χ1v) is 6.19. The van der Waals surface area contributed by atoms with E-state index < -0.39 is 0 Å². The van der Waals surface area contributed by atoms with E-state index in [4.69, 9.17) is 0 Å². The molecule has 1 rings (SSSR count). The number of carbonyl (C=O) groups is 1. The predicted octanol–water partition coefficient (Wildman–Crippen LogP) is 2.09. The van der Waals surface area contributed by atoms with Gasteiger partial charge >= 0.3 is 0 Å². The molecule has 0 aliphatic heterocycles. The third kappa shape index (κ3) is 3.81. The summed E-state index contributed by atoms with van der Waals surface area (Å²) in [6.45, 7) is 6.86. The Hall–Kier alpha value is -1.42. The highest BCUT2D eigenvalue weighted by Crippen LogP contribution is 2.10. The number of aryl methyl sites for hydroxylation is 1. The van der Waals surface area contributed by atoms with Crippen molar-refractivity contribution in [2.75, 3.05) is 13.6 Å². The first-order chi connectivity index (χ1) is 8.45. The number of halogens is 1. The highest BCUT2D eigenvalue weighted by molar-refractivity contribution is 5.81. The van der Waals surface area contributed by atoms with Crippen LogP contribution in [-0.2, 0) is 11.3 Å². The maximum atomic E-state index is 13.1. The summed E-state index contributed by atoms with van der Waals surface area (Å²) in [6.07, 6.45) is 0. The lowest BCUT2D eigenvalue weighted by Crippen LogP contribution is -2.42. The molecule has 0 saturated carbocycles. The molecule has 4 heteroatoms. The van der Waals surface area contributed by atoms with Gasteiger partial charge in [0.25, 0.3) is 0 Å². The van der Waals surface area contributed by atoms with Crippen molar-refractivity contribution in [3.8, 4) is 0 Å². The van der Waals surface area contributed by atoms with E-state index in [1.165, 1.54) is 12.1 Å². The van der Waals surface area contributed by atoms with Crippen molar-refractivity contribution in [3.05, 3.63) is 35.1 Å². The van der Waals surface area contributed by atoms with Gasteiger partial charge in [0.2, 0.25) is 5.91 Å². The lowest BCUT2D eigenvalue weighted by molar-refractivity contribution is -0.131. The molecule has 100 valence electrons. The number of nitrogens with one attached hydrogen (secondary N) is 1. The molecule has 0 spiro atoms. The van der Waals surface area contributed by atoms with Gasteiger partial charge < -0.3 is 10.2 Å². The van der Waals surface area contributed by atoms with E-state index in [1.807, 2.05) is 20.8 Å². The van der Waals surface area contributed by atoms with Crippen LogP contribution >= 0.6 is 0 Å². The van der Waals surface area contributed by atoms with Crippen LogP contribution in [0.2, 0.25) is 0 Å². The fraction of sp³-hybridized carbons (Fsp3) is 0.500. The molecule has 1 aromatic carbocycles. The average molecular weight is 252 g/mol. The molecular weight excluding hydrogens is 231 g/mol. The second-order valence-corrected chi connectivity index (χ2v) is 4.53. The summed E-state index contributed by atoms with van der Waals surface area (Å²) in [6, 6.07) is 4.43. The van der Waals surface area contributed by atoms with Crippen LogP contribution in [0.1, 0.15) is 25.0 Å². The smallest absolute Gasteiger partial charge is 0.239 e. The van der Waals surface area contributed by atoms with Crippen molar-refractivity contribution in [1.29, 1.82) is 0 Å². The fourth-order valence-electron chi connectivity index (χ4n) is 1.67. The van der Waals surface area contributed by atoms with Gasteiger partial charge in [0.1, 0.15) is 5.82 Å². The largest absolute Gasteiger partial charge is 0.345 e. The monoisotopic (exact) mass is 252 g/mol. The molecule has 0 fully saturated rings. The number of amides is 1. The molecule has 0 aliphatic carbocycles. The maximum Gasteiger partial charge on any atom is 0.239 e. The van der Waals surface area contributed by atoms with Crippen molar-refractivity contribution in [2.45, 2.75) is 33.4 Å². The molecule has 18 heavy (non-hydrogen) atoms. The van der Waals surface area contributed by atoms with E-state index in [-0.39, 0.29) is 17.8 Å². The molecule has 0 bridgehead atoms. The van der Waals surface area contributed by atoms with Crippen molar-refractivity contribution in [1.82, 2.24) is 10.2 Å². The quantitative estimate of drug-likeness (QED) is 0.870. The lowest BCUT2D eigenvalue weighted by Gasteiger charge is -2.21. The fourth-order valence-corrected chi connectivity index (χ4v) is 1.67. The molecule has 1 unspecified atom stereocenters. The van der Waals surface area contributed by atoms with Gasteiger partial charge in [-0.25, -0.2) is 4.39 Å². The minimum atomic E-state index is -0.266. The number of hydrogen-bond acceptors (Lipinski definition) is 2. The van der Waals surface area contributed by atoms with Gasteiger partial charge in [0, 0.05) is 20.1 Å². The maximum absolute atomic E-state index is 13.1. The Bertz CT molecular complexity index is 420. The SMILES string of the molecule is CCN(C)C(=O)C(C)NCc1cc(F)ccc1C. The van der Waals surface area contributed by atoms with Crippen LogP contribution in [-0.4, -0.2) is 30.4 Å². The molecule has 1 N–H and O–H groups in total. The average Bonchev–Trinajstić information content (AvgIpc) is 2.37. The van der Waals surface area contributed by atoms with Gasteiger partial charge in [-0.3, -0.25) is 4.79 Å². The standard InChI is InChI=1S/C14H21FN2O/c1-5-17(4)14(18)11(3)16-9-12-8-13(15)7-6-10(12)2/h6-8,11,16H,5,9H2,1-4H3. The predicted molar refractivity (Wildman–Crippen MR) is 70.7 cm³/mol. The third-order valence-corrected chi connectivity index (χ3v) is 3.13. The zero-order valence-electron chi connectivity index (χ0n) is 11.5. The molecule has 0 heterocycles. The van der Waals surface area contributed by atoms with Crippen LogP contribution in [0.4, 0.5) is 4.39 Å². The van der Waals surface area contributed by atoms with Gasteiger partial charge in [0.15, 0.2) is 0 Å². The van der Waals surface area contributed by atoms with E-state index >= 15 is 0 Å². The van der Waals surface area contributed by atoms with Crippen LogP contribution < -0.4 is 5.32 Å². The Kier molecular flexibility index (Phi) is 5.28. The third-order valence-electron chi connectivity index (χ3n) is 3.13. The molecule has 0 aromatic heterocycles. The van der Waals surface area contributed by atoms with Crippen molar-refractivity contribution in [2.24, 2.45) is 0 Å². The Morgan fingerprint density at radius 2 is 2.17 bits per heavy atom. The number of likely N-dealkylation sites (N-methyl/N-ethyl adjacent to an activating group) is 1. The van der Waals surface area contributed by atoms with Crippen LogP contribution in [0.15, 0.2) is 18.2 Å². The van der Waals surface area contributed by atoms with E-state index in [0.717, 1.165) is 11.1 Å². The number of hydrogen-bond donors (Lipinski definition) is 1. The van der Waals surface area contributed by atoms with E-state index in [1.54, 1.807) is 18.0 Å². The van der Waals surface area contributed by atoms with Crippen LogP contribution in [0, 0.1) is 12.7 Å². The highest BCUT2D eigenvalue weighted by atomic mass is 19.1. The number of benzene rings is 1. The second-order valence-electron chi connectivity index (χ2n) is 4.53. The van der Waals surface area contributed by atoms with Gasteiger partial charge in [-0.05, 0) is 44.0 Å². The summed E-state index contributed by atoms with van der Waals surface area (Å²) in [7, 11) is 1.77. The zero-order valence-corrected chi connectivity index (χ0v) is 11.5. The van der Waals surface area contributed by atoms with Crippen molar-refractivity contribution in [3.63, 3.8) is 0 Å². The van der Waals surface area contributed by atoms with Gasteiger partial charge in [0.05, 0.1) is 6.04 Å². The van der Waals surface area contributed by atoms with E-state index in [9.17, 15) is 9.18 Å². The molecule has 0 saturated heterocycles. The van der Waals surface area contributed by atoms with Gasteiger partial charge in [-0.1, -0.05) is 6.07 Å². The molecule has 3 nitrogen and oxygen atoms in total. The van der Waals surface area contributed by atoms with Crippen molar-refractivity contribution >= 4 is 5.91 Å². The lowest BCUT2D eigenvalue weighted by atomic mass is 10.1. The normalized spacial score (nSPS) is 12.3. The zero-order chi connectivity index (χ0) is 13.7. The Balaban J connectivity index is 2.59. The molecular formula is C14H21FN2O. The number of nitrogens with zero attached hydrogens (tertiary/aromatic N) is 1. The summed E-state index contributed by atoms with van der Waals surface area (Å²) < 4.78 is 13.1.